The van der Waals surface area contributed by atoms with Crippen LogP contribution in [0.4, 0.5) is 13.2 Å². The Morgan fingerprint density at radius 1 is 1.19 bits per heavy atom. The third kappa shape index (κ3) is 2.11. The molecule has 1 heterocycles. The van der Waals surface area contributed by atoms with Crippen LogP contribution in [0.2, 0.25) is 0 Å². The molecular weight excluding hydrogens is 287 g/mol. The molecule has 0 saturated carbocycles. The standard InChI is InChI=1S/C10H5BrF3NO/c11-8-5-15-9(16-8)6-3-1-2-4-7(6)10(12,13)14/h1-5H. The summed E-state index contributed by atoms with van der Waals surface area (Å²) < 4.78 is 43.3. The molecule has 0 bridgehead atoms. The molecule has 0 atom stereocenters. The fraction of sp³-hybridized carbons (Fsp3) is 0.100. The smallest absolute Gasteiger partial charge is 0.417 e. The minimum atomic E-state index is -4.42. The fourth-order valence-corrected chi connectivity index (χ4v) is 1.55. The fourth-order valence-electron chi connectivity index (χ4n) is 1.30. The van der Waals surface area contributed by atoms with Crippen LogP contribution in [-0.4, -0.2) is 4.98 Å². The maximum Gasteiger partial charge on any atom is 0.417 e. The summed E-state index contributed by atoms with van der Waals surface area (Å²) in [5.41, 5.74) is -0.829. The molecule has 2 nitrogen and oxygen atoms in total. The van der Waals surface area contributed by atoms with Crippen LogP contribution in [0.1, 0.15) is 5.56 Å². The number of aromatic nitrogens is 1. The van der Waals surface area contributed by atoms with Gasteiger partial charge in [0.15, 0.2) is 4.67 Å². The number of benzene rings is 1. The molecule has 0 aliphatic heterocycles. The summed E-state index contributed by atoms with van der Waals surface area (Å²) >= 11 is 2.99. The zero-order chi connectivity index (χ0) is 11.8. The van der Waals surface area contributed by atoms with Crippen molar-refractivity contribution in [3.63, 3.8) is 0 Å². The molecule has 6 heteroatoms. The molecule has 0 unspecified atom stereocenters. The average Bonchev–Trinajstić information content (AvgIpc) is 2.64. The molecule has 2 aromatic rings. The van der Waals surface area contributed by atoms with Crippen LogP contribution in [0.25, 0.3) is 11.5 Å². The van der Waals surface area contributed by atoms with E-state index in [1.165, 1.54) is 24.4 Å². The Morgan fingerprint density at radius 2 is 1.88 bits per heavy atom. The lowest BCUT2D eigenvalue weighted by Gasteiger charge is -2.09. The molecule has 0 amide bonds. The Labute approximate surface area is 97.2 Å². The molecule has 0 fully saturated rings. The normalized spacial score (nSPS) is 11.8. The Bertz CT molecular complexity index is 507. The molecule has 0 saturated heterocycles. The van der Waals surface area contributed by atoms with Crippen molar-refractivity contribution in [3.8, 4) is 11.5 Å². The van der Waals surface area contributed by atoms with Crippen molar-refractivity contribution in [1.29, 1.82) is 0 Å². The first-order valence-electron chi connectivity index (χ1n) is 4.26. The van der Waals surface area contributed by atoms with Crippen LogP contribution in [-0.2, 0) is 6.18 Å². The quantitative estimate of drug-likeness (QED) is 0.790. The molecular formula is C10H5BrF3NO. The number of oxazole rings is 1. The Balaban J connectivity index is 2.57. The van der Waals surface area contributed by atoms with E-state index in [-0.39, 0.29) is 11.5 Å². The minimum absolute atomic E-state index is 0.0557. The highest BCUT2D eigenvalue weighted by Crippen LogP contribution is 2.36. The summed E-state index contributed by atoms with van der Waals surface area (Å²) in [7, 11) is 0. The maximum absolute atomic E-state index is 12.7. The van der Waals surface area contributed by atoms with Crippen molar-refractivity contribution < 1.29 is 17.6 Å². The van der Waals surface area contributed by atoms with Crippen LogP contribution in [0.15, 0.2) is 39.5 Å². The molecule has 0 spiro atoms. The van der Waals surface area contributed by atoms with Crippen LogP contribution in [0.3, 0.4) is 0 Å². The van der Waals surface area contributed by atoms with Gasteiger partial charge < -0.3 is 4.42 Å². The first-order chi connectivity index (χ1) is 7.48. The van der Waals surface area contributed by atoms with Gasteiger partial charge in [0.1, 0.15) is 0 Å². The van der Waals surface area contributed by atoms with Crippen molar-refractivity contribution >= 4 is 15.9 Å². The predicted octanol–water partition coefficient (Wildman–Crippen LogP) is 4.12. The molecule has 16 heavy (non-hydrogen) atoms. The Hall–Kier alpha value is -1.30. The first kappa shape index (κ1) is 11.2. The number of halogens is 4. The van der Waals surface area contributed by atoms with Gasteiger partial charge in [0.05, 0.1) is 11.8 Å². The lowest BCUT2D eigenvalue weighted by molar-refractivity contribution is -0.137. The highest BCUT2D eigenvalue weighted by molar-refractivity contribution is 9.10. The largest absolute Gasteiger partial charge is 0.429 e. The molecule has 0 radical (unpaired) electrons. The Kier molecular flexibility index (Phi) is 2.75. The molecule has 0 aliphatic carbocycles. The van der Waals surface area contributed by atoms with E-state index in [4.69, 9.17) is 4.42 Å². The van der Waals surface area contributed by atoms with Crippen molar-refractivity contribution in [3.05, 3.63) is 40.7 Å². The van der Waals surface area contributed by atoms with Gasteiger partial charge in [-0.15, -0.1) is 0 Å². The van der Waals surface area contributed by atoms with E-state index in [2.05, 4.69) is 20.9 Å². The molecule has 1 aromatic carbocycles. The van der Waals surface area contributed by atoms with Crippen molar-refractivity contribution in [2.45, 2.75) is 6.18 Å². The van der Waals surface area contributed by atoms with E-state index in [0.29, 0.717) is 4.67 Å². The van der Waals surface area contributed by atoms with Gasteiger partial charge in [0, 0.05) is 5.56 Å². The molecule has 0 aliphatic rings. The second kappa shape index (κ2) is 3.93. The van der Waals surface area contributed by atoms with Crippen molar-refractivity contribution in [1.82, 2.24) is 4.98 Å². The van der Waals surface area contributed by atoms with Gasteiger partial charge in [0.25, 0.3) is 0 Å². The van der Waals surface area contributed by atoms with E-state index >= 15 is 0 Å². The summed E-state index contributed by atoms with van der Waals surface area (Å²) in [6.45, 7) is 0. The van der Waals surface area contributed by atoms with Gasteiger partial charge in [-0.25, -0.2) is 4.98 Å². The Morgan fingerprint density at radius 3 is 2.44 bits per heavy atom. The average molecular weight is 292 g/mol. The minimum Gasteiger partial charge on any atom is -0.429 e. The lowest BCUT2D eigenvalue weighted by Crippen LogP contribution is -2.06. The van der Waals surface area contributed by atoms with Crippen LogP contribution < -0.4 is 0 Å². The van der Waals surface area contributed by atoms with Crippen molar-refractivity contribution in [2.24, 2.45) is 0 Å². The zero-order valence-corrected chi connectivity index (χ0v) is 9.34. The second-order valence-corrected chi connectivity index (χ2v) is 3.79. The lowest BCUT2D eigenvalue weighted by atomic mass is 10.1. The predicted molar refractivity (Wildman–Crippen MR) is 54.6 cm³/mol. The summed E-state index contributed by atoms with van der Waals surface area (Å²) in [5.74, 6) is -0.0557. The first-order valence-corrected chi connectivity index (χ1v) is 5.06. The molecule has 84 valence electrons. The third-order valence-corrected chi connectivity index (χ3v) is 2.31. The van der Waals surface area contributed by atoms with E-state index in [1.54, 1.807) is 0 Å². The van der Waals surface area contributed by atoms with Gasteiger partial charge in [0.2, 0.25) is 5.89 Å². The van der Waals surface area contributed by atoms with Crippen LogP contribution in [0, 0.1) is 0 Å². The van der Waals surface area contributed by atoms with Gasteiger partial charge in [-0.2, -0.15) is 13.2 Å². The maximum atomic E-state index is 12.7. The number of nitrogens with zero attached hydrogens (tertiary/aromatic N) is 1. The van der Waals surface area contributed by atoms with Gasteiger partial charge >= 0.3 is 6.18 Å². The number of rotatable bonds is 1. The SMILES string of the molecule is FC(F)(F)c1ccccc1-c1ncc(Br)o1. The molecule has 2 rings (SSSR count). The van der Waals surface area contributed by atoms with E-state index in [1.807, 2.05) is 0 Å². The number of hydrogen-bond donors (Lipinski definition) is 0. The van der Waals surface area contributed by atoms with Crippen LogP contribution in [0.5, 0.6) is 0 Å². The highest BCUT2D eigenvalue weighted by atomic mass is 79.9. The second-order valence-electron chi connectivity index (χ2n) is 3.01. The number of hydrogen-bond acceptors (Lipinski definition) is 2. The van der Waals surface area contributed by atoms with Crippen LogP contribution >= 0.6 is 15.9 Å². The molecule has 0 N–H and O–H groups in total. The summed E-state index contributed by atoms with van der Waals surface area (Å²) in [6, 6.07) is 5.14. The van der Waals surface area contributed by atoms with E-state index in [9.17, 15) is 13.2 Å². The molecule has 1 aromatic heterocycles. The van der Waals surface area contributed by atoms with E-state index < -0.39 is 11.7 Å². The van der Waals surface area contributed by atoms with Crippen molar-refractivity contribution in [2.75, 3.05) is 0 Å². The van der Waals surface area contributed by atoms with E-state index in [0.717, 1.165) is 6.07 Å². The van der Waals surface area contributed by atoms with Gasteiger partial charge in [-0.05, 0) is 28.1 Å². The third-order valence-electron chi connectivity index (χ3n) is 1.94. The summed E-state index contributed by atoms with van der Waals surface area (Å²) in [6.07, 6.45) is -3.11. The highest BCUT2D eigenvalue weighted by Gasteiger charge is 2.34. The topological polar surface area (TPSA) is 26.0 Å². The monoisotopic (exact) mass is 291 g/mol. The van der Waals surface area contributed by atoms with Gasteiger partial charge in [-0.1, -0.05) is 12.1 Å². The number of alkyl halides is 3. The summed E-state index contributed by atoms with van der Waals surface area (Å²) in [4.78, 5) is 3.75. The zero-order valence-electron chi connectivity index (χ0n) is 7.75. The summed E-state index contributed by atoms with van der Waals surface area (Å²) in [5, 5.41) is 0. The van der Waals surface area contributed by atoms with Gasteiger partial charge in [-0.3, -0.25) is 0 Å².